The van der Waals surface area contributed by atoms with E-state index in [1.165, 1.54) is 0 Å². The third-order valence-corrected chi connectivity index (χ3v) is 3.47. The zero-order chi connectivity index (χ0) is 12.3. The molecule has 1 heterocycles. The lowest BCUT2D eigenvalue weighted by Gasteiger charge is -2.24. The molecule has 1 fully saturated rings. The van der Waals surface area contributed by atoms with Gasteiger partial charge in [-0.15, -0.1) is 0 Å². The van der Waals surface area contributed by atoms with Crippen LogP contribution >= 0.6 is 0 Å². The number of aryl methyl sites for hydroxylation is 1. The maximum atomic E-state index is 13.9. The lowest BCUT2D eigenvalue weighted by molar-refractivity contribution is -0.0601. The first-order valence-electron chi connectivity index (χ1n) is 6.22. The summed E-state index contributed by atoms with van der Waals surface area (Å²) in [7, 11) is 0. The van der Waals surface area contributed by atoms with Crippen LogP contribution in [0.1, 0.15) is 24.0 Å². The highest BCUT2D eigenvalue weighted by Gasteiger charge is 2.39. The average Bonchev–Trinajstić information content (AvgIpc) is 2.41. The van der Waals surface area contributed by atoms with E-state index in [0.717, 1.165) is 11.1 Å². The summed E-state index contributed by atoms with van der Waals surface area (Å²) in [6.07, 6.45) is 1.00. The highest BCUT2D eigenvalue weighted by Crippen LogP contribution is 2.34. The van der Waals surface area contributed by atoms with Crippen molar-refractivity contribution in [2.45, 2.75) is 32.1 Å². The second kappa shape index (κ2) is 5.13. The van der Waals surface area contributed by atoms with Gasteiger partial charge in [0.2, 0.25) is 0 Å². The van der Waals surface area contributed by atoms with E-state index in [9.17, 15) is 8.78 Å². The minimum absolute atomic E-state index is 0.0382. The fraction of sp³-hybridized carbons (Fsp3) is 0.571. The van der Waals surface area contributed by atoms with Gasteiger partial charge in [-0.1, -0.05) is 29.8 Å². The minimum Gasteiger partial charge on any atom is -0.316 e. The van der Waals surface area contributed by atoms with Crippen molar-refractivity contribution in [2.24, 2.45) is 5.92 Å². The third kappa shape index (κ3) is 3.25. The first kappa shape index (κ1) is 12.5. The average molecular weight is 239 g/mol. The molecule has 2 rings (SSSR count). The van der Waals surface area contributed by atoms with Crippen molar-refractivity contribution in [2.75, 3.05) is 13.1 Å². The van der Waals surface area contributed by atoms with E-state index in [2.05, 4.69) is 5.32 Å². The van der Waals surface area contributed by atoms with Gasteiger partial charge in [0.05, 0.1) is 0 Å². The fourth-order valence-electron chi connectivity index (χ4n) is 2.45. The topological polar surface area (TPSA) is 12.0 Å². The number of hydrogen-bond donors (Lipinski definition) is 1. The van der Waals surface area contributed by atoms with E-state index < -0.39 is 11.8 Å². The van der Waals surface area contributed by atoms with Crippen molar-refractivity contribution >= 4 is 0 Å². The second-order valence-electron chi connectivity index (χ2n) is 4.94. The molecule has 0 aromatic heterocycles. The maximum absolute atomic E-state index is 13.9. The quantitative estimate of drug-likeness (QED) is 0.836. The van der Waals surface area contributed by atoms with Crippen LogP contribution < -0.4 is 5.32 Å². The summed E-state index contributed by atoms with van der Waals surface area (Å²) in [5, 5.41) is 3.05. The van der Waals surface area contributed by atoms with E-state index in [1.54, 1.807) is 0 Å². The molecule has 0 spiro atoms. The molecule has 1 unspecified atom stereocenters. The Morgan fingerprint density at radius 3 is 2.94 bits per heavy atom. The zero-order valence-electron chi connectivity index (χ0n) is 10.2. The summed E-state index contributed by atoms with van der Waals surface area (Å²) < 4.78 is 27.8. The molecular weight excluding hydrogens is 220 g/mol. The summed E-state index contributed by atoms with van der Waals surface area (Å²) in [6.45, 7) is 3.12. The van der Waals surface area contributed by atoms with Crippen LogP contribution in [0, 0.1) is 12.8 Å². The molecule has 0 bridgehead atoms. The van der Waals surface area contributed by atoms with Crippen molar-refractivity contribution < 1.29 is 8.78 Å². The van der Waals surface area contributed by atoms with Crippen LogP contribution in [0.5, 0.6) is 0 Å². The summed E-state index contributed by atoms with van der Waals surface area (Å²) in [4.78, 5) is 0. The molecule has 1 aromatic rings. The van der Waals surface area contributed by atoms with Gasteiger partial charge >= 0.3 is 0 Å². The molecule has 1 N–H and O–H groups in total. The summed E-state index contributed by atoms with van der Waals surface area (Å²) in [6, 6.07) is 7.89. The van der Waals surface area contributed by atoms with Crippen molar-refractivity contribution in [3.63, 3.8) is 0 Å². The molecule has 1 atom stereocenters. The van der Waals surface area contributed by atoms with Gasteiger partial charge < -0.3 is 5.32 Å². The predicted octanol–water partition coefficient (Wildman–Crippen LogP) is 3.17. The number of hydrogen-bond acceptors (Lipinski definition) is 1. The molecule has 0 aliphatic carbocycles. The van der Waals surface area contributed by atoms with Crippen LogP contribution in [-0.2, 0) is 6.42 Å². The summed E-state index contributed by atoms with van der Waals surface area (Å²) in [5.74, 6) is -3.06. The van der Waals surface area contributed by atoms with Gasteiger partial charge in [0.25, 0.3) is 5.92 Å². The number of halogens is 2. The van der Waals surface area contributed by atoms with Gasteiger partial charge in [-0.25, -0.2) is 8.78 Å². The highest BCUT2D eigenvalue weighted by molar-refractivity contribution is 5.23. The molecule has 0 amide bonds. The number of alkyl halides is 2. The molecule has 1 aliphatic heterocycles. The summed E-state index contributed by atoms with van der Waals surface area (Å²) in [5.41, 5.74) is 2.16. The Morgan fingerprint density at radius 2 is 2.18 bits per heavy atom. The molecule has 3 heteroatoms. The van der Waals surface area contributed by atoms with Gasteiger partial charge in [-0.3, -0.25) is 0 Å². The Kier molecular flexibility index (Phi) is 3.77. The molecule has 1 saturated heterocycles. The number of nitrogens with one attached hydrogen (secondary N) is 1. The molecular formula is C14H19F2N. The largest absolute Gasteiger partial charge is 0.316 e. The predicted molar refractivity (Wildman–Crippen MR) is 65.4 cm³/mol. The standard InChI is InChI=1S/C14H19F2N/c1-11-3-2-4-12(9-11)10-13-5-7-17-8-6-14(13,15)16/h2-4,9,13,17H,5-8,10H2,1H3. The minimum atomic E-state index is -2.53. The normalized spacial score (nSPS) is 24.3. The van der Waals surface area contributed by atoms with Crippen molar-refractivity contribution in [1.82, 2.24) is 5.32 Å². The number of benzene rings is 1. The molecule has 1 nitrogen and oxygen atoms in total. The van der Waals surface area contributed by atoms with E-state index >= 15 is 0 Å². The molecule has 1 aliphatic rings. The Labute approximate surface area is 101 Å². The number of rotatable bonds is 2. The zero-order valence-corrected chi connectivity index (χ0v) is 10.2. The molecule has 1 aromatic carbocycles. The van der Waals surface area contributed by atoms with Crippen molar-refractivity contribution in [3.8, 4) is 0 Å². The van der Waals surface area contributed by atoms with Crippen LogP contribution in [0.3, 0.4) is 0 Å². The molecule has 94 valence electrons. The maximum Gasteiger partial charge on any atom is 0.252 e. The molecule has 0 radical (unpaired) electrons. The van der Waals surface area contributed by atoms with Gasteiger partial charge in [0.15, 0.2) is 0 Å². The van der Waals surface area contributed by atoms with Gasteiger partial charge in [-0.2, -0.15) is 0 Å². The third-order valence-electron chi connectivity index (χ3n) is 3.47. The second-order valence-corrected chi connectivity index (χ2v) is 4.94. The van der Waals surface area contributed by atoms with Crippen LogP contribution in [0.15, 0.2) is 24.3 Å². The molecule has 17 heavy (non-hydrogen) atoms. The van der Waals surface area contributed by atoms with E-state index in [0.29, 0.717) is 25.9 Å². The van der Waals surface area contributed by atoms with Crippen molar-refractivity contribution in [3.05, 3.63) is 35.4 Å². The first-order chi connectivity index (χ1) is 8.08. The van der Waals surface area contributed by atoms with E-state index in [1.807, 2.05) is 31.2 Å². The van der Waals surface area contributed by atoms with Crippen molar-refractivity contribution in [1.29, 1.82) is 0 Å². The monoisotopic (exact) mass is 239 g/mol. The van der Waals surface area contributed by atoms with Crippen LogP contribution in [0.25, 0.3) is 0 Å². The van der Waals surface area contributed by atoms with E-state index in [4.69, 9.17) is 0 Å². The highest BCUT2D eigenvalue weighted by atomic mass is 19.3. The lowest BCUT2D eigenvalue weighted by Crippen LogP contribution is -2.29. The molecule has 0 saturated carbocycles. The Morgan fingerprint density at radius 1 is 1.35 bits per heavy atom. The van der Waals surface area contributed by atoms with Gasteiger partial charge in [0, 0.05) is 18.9 Å². The fourth-order valence-corrected chi connectivity index (χ4v) is 2.45. The van der Waals surface area contributed by atoms with Gasteiger partial charge in [-0.05, 0) is 31.9 Å². The Bertz CT molecular complexity index is 376. The SMILES string of the molecule is Cc1cccc(CC2CCNCCC2(F)F)c1. The van der Waals surface area contributed by atoms with Crippen LogP contribution in [-0.4, -0.2) is 19.0 Å². The van der Waals surface area contributed by atoms with Crippen LogP contribution in [0.2, 0.25) is 0 Å². The summed E-state index contributed by atoms with van der Waals surface area (Å²) >= 11 is 0. The smallest absolute Gasteiger partial charge is 0.252 e. The Balaban J connectivity index is 2.10. The first-order valence-corrected chi connectivity index (χ1v) is 6.22. The Hall–Kier alpha value is -0.960. The van der Waals surface area contributed by atoms with E-state index in [-0.39, 0.29) is 6.42 Å². The van der Waals surface area contributed by atoms with Crippen LogP contribution in [0.4, 0.5) is 8.78 Å². The van der Waals surface area contributed by atoms with Gasteiger partial charge in [0.1, 0.15) is 0 Å². The lowest BCUT2D eigenvalue weighted by atomic mass is 9.89.